The van der Waals surface area contributed by atoms with Gasteiger partial charge < -0.3 is 18.9 Å². The Morgan fingerprint density at radius 2 is 1.54 bits per heavy atom. The minimum Gasteiger partial charge on any atom is -0.494 e. The van der Waals surface area contributed by atoms with Crippen LogP contribution in [0, 0.1) is 0 Å². The predicted molar refractivity (Wildman–Crippen MR) is 98.0 cm³/mol. The summed E-state index contributed by atoms with van der Waals surface area (Å²) < 4.78 is 22.6. The molecule has 1 aliphatic heterocycles. The molecule has 0 unspecified atom stereocenters. The number of cyclic esters (lactones) is 1. The molecule has 2 aromatic rings. The lowest BCUT2D eigenvalue weighted by Crippen LogP contribution is -2.22. The summed E-state index contributed by atoms with van der Waals surface area (Å²) in [5, 5.41) is 0. The smallest absolute Gasteiger partial charge is 0.311 e. The quantitative estimate of drug-likeness (QED) is 0.700. The Kier molecular flexibility index (Phi) is 5.66. The van der Waals surface area contributed by atoms with Crippen molar-refractivity contribution in [2.24, 2.45) is 0 Å². The molecular weight excluding hydrogens is 332 g/mol. The van der Waals surface area contributed by atoms with Crippen LogP contribution in [0.15, 0.2) is 36.4 Å². The first kappa shape index (κ1) is 18.1. The van der Waals surface area contributed by atoms with E-state index in [4.69, 9.17) is 18.9 Å². The molecule has 0 aliphatic carbocycles. The fraction of sp³-hybridized carbons (Fsp3) is 0.381. The molecule has 0 amide bonds. The zero-order valence-corrected chi connectivity index (χ0v) is 15.4. The molecule has 1 atom stereocenters. The molecule has 1 heterocycles. The normalized spacial score (nSPS) is 15.8. The number of esters is 1. The molecule has 138 valence electrons. The third kappa shape index (κ3) is 3.77. The lowest BCUT2D eigenvalue weighted by atomic mass is 9.92. The van der Waals surface area contributed by atoms with E-state index in [-0.39, 0.29) is 12.4 Å². The number of hydrogen-bond donors (Lipinski definition) is 0. The fourth-order valence-electron chi connectivity index (χ4n) is 3.10. The van der Waals surface area contributed by atoms with E-state index in [0.29, 0.717) is 31.3 Å². The Labute approximate surface area is 153 Å². The molecule has 26 heavy (non-hydrogen) atoms. The van der Waals surface area contributed by atoms with Gasteiger partial charge in [-0.2, -0.15) is 0 Å². The molecule has 0 saturated carbocycles. The maximum Gasteiger partial charge on any atom is 0.311 e. The monoisotopic (exact) mass is 356 g/mol. The zero-order chi connectivity index (χ0) is 18.5. The second-order valence-corrected chi connectivity index (χ2v) is 5.91. The van der Waals surface area contributed by atoms with Crippen LogP contribution in [0.4, 0.5) is 0 Å². The van der Waals surface area contributed by atoms with E-state index >= 15 is 0 Å². The maximum absolute atomic E-state index is 12.1. The molecule has 1 aliphatic rings. The number of fused-ring (bicyclic) bond motifs is 1. The third-order valence-electron chi connectivity index (χ3n) is 4.17. The van der Waals surface area contributed by atoms with Crippen LogP contribution in [0.5, 0.6) is 17.2 Å². The average molecular weight is 356 g/mol. The molecule has 0 bridgehead atoms. The average Bonchev–Trinajstić information content (AvgIpc) is 2.63. The van der Waals surface area contributed by atoms with Crippen molar-refractivity contribution in [3.05, 3.63) is 53.1 Å². The van der Waals surface area contributed by atoms with Crippen molar-refractivity contribution in [2.75, 3.05) is 19.8 Å². The molecule has 0 fully saturated rings. The van der Waals surface area contributed by atoms with Gasteiger partial charge in [-0.1, -0.05) is 12.1 Å². The van der Waals surface area contributed by atoms with Crippen molar-refractivity contribution in [3.63, 3.8) is 0 Å². The predicted octanol–water partition coefficient (Wildman–Crippen LogP) is 4.07. The van der Waals surface area contributed by atoms with Crippen LogP contribution in [0.2, 0.25) is 0 Å². The van der Waals surface area contributed by atoms with Crippen LogP contribution in [0.1, 0.15) is 43.6 Å². The van der Waals surface area contributed by atoms with Crippen molar-refractivity contribution in [3.8, 4) is 17.2 Å². The van der Waals surface area contributed by atoms with Gasteiger partial charge in [-0.3, -0.25) is 4.79 Å². The topological polar surface area (TPSA) is 54.0 Å². The van der Waals surface area contributed by atoms with Crippen molar-refractivity contribution < 1.29 is 23.7 Å². The van der Waals surface area contributed by atoms with E-state index in [9.17, 15) is 4.79 Å². The highest BCUT2D eigenvalue weighted by Gasteiger charge is 2.30. The molecule has 0 aromatic heterocycles. The summed E-state index contributed by atoms with van der Waals surface area (Å²) in [6.07, 6.45) is -0.230. The summed E-state index contributed by atoms with van der Waals surface area (Å²) in [5.41, 5.74) is 2.74. The summed E-state index contributed by atoms with van der Waals surface area (Å²) >= 11 is 0. The Bertz CT molecular complexity index is 767. The van der Waals surface area contributed by atoms with Crippen molar-refractivity contribution >= 4 is 5.97 Å². The minimum absolute atomic E-state index is 0.231. The SMILES string of the molecule is CCOc1ccc([C@H]2OC(=O)Cc3cc(OCC)c(OCC)cc32)cc1. The van der Waals surface area contributed by atoms with Crippen molar-refractivity contribution in [1.82, 2.24) is 0 Å². The molecule has 3 rings (SSSR count). The van der Waals surface area contributed by atoms with Gasteiger partial charge in [0.05, 0.1) is 26.2 Å². The largest absolute Gasteiger partial charge is 0.494 e. The first-order valence-corrected chi connectivity index (χ1v) is 9.00. The highest BCUT2D eigenvalue weighted by molar-refractivity contribution is 5.77. The highest BCUT2D eigenvalue weighted by atomic mass is 16.5. The summed E-state index contributed by atoms with van der Waals surface area (Å²) in [6, 6.07) is 11.4. The molecule has 5 nitrogen and oxygen atoms in total. The first-order valence-electron chi connectivity index (χ1n) is 9.00. The van der Waals surface area contributed by atoms with Gasteiger partial charge in [0.15, 0.2) is 17.6 Å². The van der Waals surface area contributed by atoms with E-state index in [1.807, 2.05) is 57.2 Å². The van der Waals surface area contributed by atoms with Gasteiger partial charge in [-0.05, 0) is 56.2 Å². The minimum atomic E-state index is -0.461. The van der Waals surface area contributed by atoms with Gasteiger partial charge in [-0.25, -0.2) is 0 Å². The molecule has 0 spiro atoms. The second-order valence-electron chi connectivity index (χ2n) is 5.91. The summed E-state index contributed by atoms with van der Waals surface area (Å²) in [7, 11) is 0. The highest BCUT2D eigenvalue weighted by Crippen LogP contribution is 2.40. The molecule has 0 N–H and O–H groups in total. The van der Waals surface area contributed by atoms with Crippen LogP contribution < -0.4 is 14.2 Å². The summed E-state index contributed by atoms with van der Waals surface area (Å²) in [5.74, 6) is 1.87. The number of carbonyl (C=O) groups excluding carboxylic acids is 1. The zero-order valence-electron chi connectivity index (χ0n) is 15.4. The second kappa shape index (κ2) is 8.13. The Balaban J connectivity index is 2.01. The van der Waals surface area contributed by atoms with Crippen LogP contribution in [0.3, 0.4) is 0 Å². The number of rotatable bonds is 7. The standard InChI is InChI=1S/C21H24O5/c1-4-23-16-9-7-14(8-10-16)21-17-13-19(25-6-3)18(24-5-2)11-15(17)12-20(22)26-21/h7-11,13,21H,4-6,12H2,1-3H3/t21-/m1/s1. The lowest BCUT2D eigenvalue weighted by Gasteiger charge is -2.27. The van der Waals surface area contributed by atoms with E-state index < -0.39 is 6.10 Å². The molecule has 5 heteroatoms. The van der Waals surface area contributed by atoms with Crippen molar-refractivity contribution in [1.29, 1.82) is 0 Å². The van der Waals surface area contributed by atoms with Crippen LogP contribution >= 0.6 is 0 Å². The van der Waals surface area contributed by atoms with Crippen LogP contribution in [-0.2, 0) is 16.0 Å². The number of carbonyl (C=O) groups is 1. The third-order valence-corrected chi connectivity index (χ3v) is 4.17. The van der Waals surface area contributed by atoms with Crippen LogP contribution in [0.25, 0.3) is 0 Å². The van der Waals surface area contributed by atoms with Gasteiger partial charge in [0.2, 0.25) is 0 Å². The number of hydrogen-bond acceptors (Lipinski definition) is 5. The van der Waals surface area contributed by atoms with Gasteiger partial charge >= 0.3 is 5.97 Å². The Hall–Kier alpha value is -2.69. The van der Waals surface area contributed by atoms with Gasteiger partial charge in [0.1, 0.15) is 5.75 Å². The molecule has 0 saturated heterocycles. The summed E-state index contributed by atoms with van der Waals surface area (Å²) in [4.78, 5) is 12.1. The van der Waals surface area contributed by atoms with E-state index in [1.54, 1.807) is 0 Å². The Morgan fingerprint density at radius 1 is 0.923 bits per heavy atom. The Morgan fingerprint density at radius 3 is 2.15 bits per heavy atom. The molecule has 0 radical (unpaired) electrons. The summed E-state index contributed by atoms with van der Waals surface area (Å²) in [6.45, 7) is 7.47. The van der Waals surface area contributed by atoms with Crippen molar-refractivity contribution in [2.45, 2.75) is 33.3 Å². The lowest BCUT2D eigenvalue weighted by molar-refractivity contribution is -0.148. The van der Waals surface area contributed by atoms with E-state index in [1.165, 1.54) is 0 Å². The van der Waals surface area contributed by atoms with E-state index in [2.05, 4.69) is 0 Å². The first-order chi connectivity index (χ1) is 12.7. The molecule has 2 aromatic carbocycles. The van der Waals surface area contributed by atoms with Gasteiger partial charge in [0.25, 0.3) is 0 Å². The fourth-order valence-corrected chi connectivity index (χ4v) is 3.10. The number of benzene rings is 2. The van der Waals surface area contributed by atoms with Gasteiger partial charge in [-0.15, -0.1) is 0 Å². The number of ether oxygens (including phenoxy) is 4. The van der Waals surface area contributed by atoms with Crippen LogP contribution in [-0.4, -0.2) is 25.8 Å². The molecular formula is C21H24O5. The van der Waals surface area contributed by atoms with E-state index in [0.717, 1.165) is 22.4 Å². The maximum atomic E-state index is 12.1. The van der Waals surface area contributed by atoms with Gasteiger partial charge in [0, 0.05) is 5.56 Å².